The quantitative estimate of drug-likeness (QED) is 0.550. The Balaban J connectivity index is 3.02. The maximum atomic E-state index is 13.4. The minimum Gasteiger partial charge on any atom is -0.341 e. The van der Waals surface area contributed by atoms with E-state index in [4.69, 9.17) is 0 Å². The van der Waals surface area contributed by atoms with Crippen LogP contribution < -0.4 is 0 Å². The molecule has 1 aliphatic rings. The number of nitrogens with zero attached hydrogens (tertiary/aromatic N) is 3. The molecule has 1 fully saturated rings. The lowest BCUT2D eigenvalue weighted by atomic mass is 9.70. The highest BCUT2D eigenvalue weighted by Crippen LogP contribution is 2.39. The molecule has 0 saturated carbocycles. The van der Waals surface area contributed by atoms with Gasteiger partial charge in [0.25, 0.3) is 0 Å². The Morgan fingerprint density at radius 1 is 1.21 bits per heavy atom. The summed E-state index contributed by atoms with van der Waals surface area (Å²) in [6, 6.07) is 0.0276. The molecule has 0 aromatic rings. The van der Waals surface area contributed by atoms with Crippen LogP contribution in [0.25, 0.3) is 0 Å². The van der Waals surface area contributed by atoms with E-state index in [1.165, 1.54) is 0 Å². The highest BCUT2D eigenvalue weighted by molar-refractivity contribution is 5.87. The average Bonchev–Trinajstić information content (AvgIpc) is 2.59. The van der Waals surface area contributed by atoms with Crippen molar-refractivity contribution in [2.24, 2.45) is 27.7 Å². The van der Waals surface area contributed by atoms with Crippen LogP contribution in [0.1, 0.15) is 81.6 Å². The van der Waals surface area contributed by atoms with E-state index in [2.05, 4.69) is 60.4 Å². The highest BCUT2D eigenvalue weighted by atomic mass is 16.2. The summed E-state index contributed by atoms with van der Waals surface area (Å²) in [7, 11) is 0. The van der Waals surface area contributed by atoms with Crippen molar-refractivity contribution in [1.82, 2.24) is 9.80 Å². The first-order valence-electron chi connectivity index (χ1n) is 11.3. The molecule has 29 heavy (non-hydrogen) atoms. The lowest BCUT2D eigenvalue weighted by Crippen LogP contribution is -2.57. The predicted octanol–water partition coefficient (Wildman–Crippen LogP) is 4.65. The van der Waals surface area contributed by atoms with Gasteiger partial charge in [-0.1, -0.05) is 48.5 Å². The monoisotopic (exact) mass is 407 g/mol. The van der Waals surface area contributed by atoms with Crippen LogP contribution in [0.2, 0.25) is 0 Å². The first-order valence-corrected chi connectivity index (χ1v) is 11.3. The summed E-state index contributed by atoms with van der Waals surface area (Å²) < 4.78 is 0. The first kappa shape index (κ1) is 25.6. The Labute approximate surface area is 179 Å². The molecule has 3 atom stereocenters. The van der Waals surface area contributed by atoms with Crippen LogP contribution in [0.4, 0.5) is 0 Å². The molecule has 0 bridgehead atoms. The zero-order valence-corrected chi connectivity index (χ0v) is 20.4. The Hall–Kier alpha value is -1.39. The van der Waals surface area contributed by atoms with Gasteiger partial charge in [-0.3, -0.25) is 14.6 Å². The van der Waals surface area contributed by atoms with E-state index in [-0.39, 0.29) is 47.1 Å². The molecule has 5 nitrogen and oxygen atoms in total. The van der Waals surface area contributed by atoms with Crippen LogP contribution >= 0.6 is 0 Å². The fraction of sp³-hybridized carbons (Fsp3) is 0.875. The van der Waals surface area contributed by atoms with Crippen molar-refractivity contribution in [3.8, 4) is 0 Å². The van der Waals surface area contributed by atoms with Crippen LogP contribution in [0.3, 0.4) is 0 Å². The number of hydrogen-bond donors (Lipinski definition) is 0. The maximum Gasteiger partial charge on any atom is 0.242 e. The summed E-state index contributed by atoms with van der Waals surface area (Å²) in [5.74, 6) is 0.416. The molecule has 5 heteroatoms. The molecule has 1 saturated heterocycles. The van der Waals surface area contributed by atoms with E-state index in [0.29, 0.717) is 6.54 Å². The summed E-state index contributed by atoms with van der Waals surface area (Å²) >= 11 is 0. The molecule has 1 rings (SSSR count). The molecule has 2 amide bonds. The molecule has 1 heterocycles. The second-order valence-corrected chi connectivity index (χ2v) is 10.9. The molecule has 0 spiro atoms. The smallest absolute Gasteiger partial charge is 0.242 e. The SMILES string of the molecule is CC=NC[C@@H]1C[C@H](C(C)(C)C)C(=O)N(CC(=O)N(CCC)CCC(C)(C)C)C1C. The number of amides is 2. The summed E-state index contributed by atoms with van der Waals surface area (Å²) in [6.07, 6.45) is 4.56. The van der Waals surface area contributed by atoms with Crippen LogP contribution in [0.5, 0.6) is 0 Å². The lowest BCUT2D eigenvalue weighted by molar-refractivity contribution is -0.154. The zero-order chi connectivity index (χ0) is 22.4. The molecule has 1 aliphatic heterocycles. The van der Waals surface area contributed by atoms with Gasteiger partial charge in [-0.25, -0.2) is 0 Å². The molecule has 0 N–H and O–H groups in total. The van der Waals surface area contributed by atoms with Crippen molar-refractivity contribution in [1.29, 1.82) is 0 Å². The van der Waals surface area contributed by atoms with Gasteiger partial charge in [-0.05, 0) is 56.1 Å². The van der Waals surface area contributed by atoms with E-state index < -0.39 is 0 Å². The Morgan fingerprint density at radius 3 is 2.31 bits per heavy atom. The zero-order valence-electron chi connectivity index (χ0n) is 20.4. The van der Waals surface area contributed by atoms with E-state index in [1.54, 1.807) is 0 Å². The number of rotatable bonds is 8. The van der Waals surface area contributed by atoms with Crippen molar-refractivity contribution in [3.05, 3.63) is 0 Å². The van der Waals surface area contributed by atoms with Gasteiger partial charge in [0.1, 0.15) is 6.54 Å². The van der Waals surface area contributed by atoms with Gasteiger partial charge in [0, 0.05) is 31.6 Å². The predicted molar refractivity (Wildman–Crippen MR) is 122 cm³/mol. The fourth-order valence-corrected chi connectivity index (χ4v) is 4.02. The Kier molecular flexibility index (Phi) is 9.36. The number of hydrogen-bond acceptors (Lipinski definition) is 3. The summed E-state index contributed by atoms with van der Waals surface area (Å²) in [5, 5.41) is 0. The standard InChI is InChI=1S/C24H45N3O2/c1-10-13-26(14-12-23(4,5)6)21(28)17-27-18(3)19(16-25-11-2)15-20(22(27)29)24(7,8)9/h11,18-20H,10,12-17H2,1-9H3/t18?,19-,20-/m0/s1. The topological polar surface area (TPSA) is 53.0 Å². The van der Waals surface area contributed by atoms with Gasteiger partial charge in [-0.15, -0.1) is 0 Å². The molecule has 0 aromatic carbocycles. The Bertz CT molecular complexity index is 572. The third kappa shape index (κ3) is 7.75. The largest absolute Gasteiger partial charge is 0.341 e. The normalized spacial score (nSPS) is 23.7. The molecule has 0 aliphatic carbocycles. The highest BCUT2D eigenvalue weighted by Gasteiger charge is 2.44. The van der Waals surface area contributed by atoms with E-state index >= 15 is 0 Å². The van der Waals surface area contributed by atoms with Crippen molar-refractivity contribution < 1.29 is 9.59 Å². The van der Waals surface area contributed by atoms with Gasteiger partial charge in [-0.2, -0.15) is 0 Å². The molecule has 1 unspecified atom stereocenters. The van der Waals surface area contributed by atoms with E-state index in [1.807, 2.05) is 22.9 Å². The minimum absolute atomic E-state index is 0.0276. The second kappa shape index (κ2) is 10.6. The molecular weight excluding hydrogens is 362 g/mol. The minimum atomic E-state index is -0.123. The molecule has 168 valence electrons. The third-order valence-electron chi connectivity index (χ3n) is 6.14. The second-order valence-electron chi connectivity index (χ2n) is 10.9. The van der Waals surface area contributed by atoms with Crippen molar-refractivity contribution in [2.75, 3.05) is 26.2 Å². The van der Waals surface area contributed by atoms with Crippen molar-refractivity contribution >= 4 is 18.0 Å². The fourth-order valence-electron chi connectivity index (χ4n) is 4.02. The number of carbonyl (C=O) groups excluding carboxylic acids is 2. The third-order valence-corrected chi connectivity index (χ3v) is 6.14. The van der Waals surface area contributed by atoms with Gasteiger partial charge in [0.05, 0.1) is 0 Å². The molecule has 0 radical (unpaired) electrons. The summed E-state index contributed by atoms with van der Waals surface area (Å²) in [4.78, 5) is 34.8. The van der Waals surface area contributed by atoms with Gasteiger partial charge < -0.3 is 9.80 Å². The average molecular weight is 408 g/mol. The van der Waals surface area contributed by atoms with Crippen molar-refractivity contribution in [3.63, 3.8) is 0 Å². The van der Waals surface area contributed by atoms with Crippen LogP contribution in [0.15, 0.2) is 4.99 Å². The first-order chi connectivity index (χ1) is 13.3. The van der Waals surface area contributed by atoms with Crippen LogP contribution in [-0.2, 0) is 9.59 Å². The van der Waals surface area contributed by atoms with Gasteiger partial charge in [0.15, 0.2) is 0 Å². The molecular formula is C24H45N3O2. The lowest BCUT2D eigenvalue weighted by Gasteiger charge is -2.46. The van der Waals surface area contributed by atoms with Crippen LogP contribution in [-0.4, -0.2) is 60.0 Å². The van der Waals surface area contributed by atoms with Gasteiger partial charge >= 0.3 is 0 Å². The molecule has 0 aromatic heterocycles. The summed E-state index contributed by atoms with van der Waals surface area (Å²) in [5.41, 5.74) is 0.0587. The van der Waals surface area contributed by atoms with Gasteiger partial charge in [0.2, 0.25) is 11.8 Å². The number of carbonyl (C=O) groups is 2. The van der Waals surface area contributed by atoms with Crippen LogP contribution in [0, 0.1) is 22.7 Å². The number of aliphatic imine (C=N–C) groups is 1. The van der Waals surface area contributed by atoms with E-state index in [0.717, 1.165) is 32.4 Å². The summed E-state index contributed by atoms with van der Waals surface area (Å²) in [6.45, 7) is 21.5. The number of piperidine rings is 1. The van der Waals surface area contributed by atoms with E-state index in [9.17, 15) is 9.59 Å². The number of likely N-dealkylation sites (tertiary alicyclic amines) is 1. The maximum absolute atomic E-state index is 13.4. The Morgan fingerprint density at radius 2 is 1.83 bits per heavy atom. The van der Waals surface area contributed by atoms with Crippen molar-refractivity contribution in [2.45, 2.75) is 87.6 Å².